The molecule has 0 bridgehead atoms. The van der Waals surface area contributed by atoms with Gasteiger partial charge in [-0.2, -0.15) is 5.26 Å². The molecule has 5 nitrogen and oxygen atoms in total. The highest BCUT2D eigenvalue weighted by molar-refractivity contribution is 5.85. The maximum atomic E-state index is 10.8. The van der Waals surface area contributed by atoms with Crippen LogP contribution in [0.25, 0.3) is 0 Å². The molecule has 12 heavy (non-hydrogen) atoms. The first-order chi connectivity index (χ1) is 5.61. The summed E-state index contributed by atoms with van der Waals surface area (Å²) in [5.41, 5.74) is 0. The summed E-state index contributed by atoms with van der Waals surface area (Å²) in [6, 6.07) is 1.03. The lowest BCUT2D eigenvalue weighted by atomic mass is 10.1. The smallest absolute Gasteiger partial charge is 0.407 e. The van der Waals surface area contributed by atoms with E-state index >= 15 is 0 Å². The van der Waals surface area contributed by atoms with Crippen molar-refractivity contribution < 1.29 is 14.3 Å². The quantitative estimate of drug-likeness (QED) is 0.656. The van der Waals surface area contributed by atoms with E-state index in [0.717, 1.165) is 0 Å². The third-order valence-electron chi connectivity index (χ3n) is 1.26. The Morgan fingerprint density at radius 2 is 2.25 bits per heavy atom. The molecular formula is C7H10N2O3. The number of hydrogen-bond acceptors (Lipinski definition) is 4. The Hall–Kier alpha value is -1.57. The summed E-state index contributed by atoms with van der Waals surface area (Å²) < 4.78 is 4.27. The van der Waals surface area contributed by atoms with Crippen molar-refractivity contribution in [2.24, 2.45) is 0 Å². The lowest BCUT2D eigenvalue weighted by Crippen LogP contribution is -2.39. The number of ether oxygens (including phenoxy) is 1. The van der Waals surface area contributed by atoms with Gasteiger partial charge in [0.15, 0.2) is 5.78 Å². The maximum Gasteiger partial charge on any atom is 0.407 e. The largest absolute Gasteiger partial charge is 0.453 e. The van der Waals surface area contributed by atoms with Crippen LogP contribution in [0.15, 0.2) is 0 Å². The fraction of sp³-hybridized carbons (Fsp3) is 0.571. The molecule has 0 saturated carbocycles. The molecule has 0 aliphatic heterocycles. The van der Waals surface area contributed by atoms with Crippen molar-refractivity contribution in [1.29, 1.82) is 5.26 Å². The van der Waals surface area contributed by atoms with E-state index in [9.17, 15) is 9.59 Å². The molecule has 66 valence electrons. The van der Waals surface area contributed by atoms with E-state index in [1.54, 1.807) is 6.07 Å². The highest BCUT2D eigenvalue weighted by atomic mass is 16.5. The van der Waals surface area contributed by atoms with E-state index in [-0.39, 0.29) is 12.2 Å². The van der Waals surface area contributed by atoms with E-state index in [1.807, 2.05) is 0 Å². The lowest BCUT2D eigenvalue weighted by molar-refractivity contribution is -0.118. The van der Waals surface area contributed by atoms with Crippen molar-refractivity contribution in [3.05, 3.63) is 0 Å². The molecule has 0 fully saturated rings. The minimum absolute atomic E-state index is 0.0373. The second kappa shape index (κ2) is 5.13. The van der Waals surface area contributed by atoms with E-state index in [1.165, 1.54) is 14.0 Å². The van der Waals surface area contributed by atoms with Gasteiger partial charge in [0.05, 0.1) is 19.6 Å². The van der Waals surface area contributed by atoms with Gasteiger partial charge in [-0.25, -0.2) is 4.79 Å². The van der Waals surface area contributed by atoms with Crippen LogP contribution in [-0.2, 0) is 9.53 Å². The zero-order chi connectivity index (χ0) is 9.56. The Bertz CT molecular complexity index is 219. The molecule has 5 heteroatoms. The van der Waals surface area contributed by atoms with Crippen molar-refractivity contribution >= 4 is 11.9 Å². The first-order valence-electron chi connectivity index (χ1n) is 3.33. The first kappa shape index (κ1) is 10.4. The number of carbonyl (C=O) groups is 2. The maximum absolute atomic E-state index is 10.8. The zero-order valence-electron chi connectivity index (χ0n) is 6.96. The van der Waals surface area contributed by atoms with Crippen LogP contribution in [0.1, 0.15) is 13.3 Å². The number of methoxy groups -OCH3 is 1. The number of rotatable bonds is 3. The molecule has 1 amide bonds. The van der Waals surface area contributed by atoms with Gasteiger partial charge < -0.3 is 10.1 Å². The predicted molar refractivity (Wildman–Crippen MR) is 40.2 cm³/mol. The highest BCUT2D eigenvalue weighted by Gasteiger charge is 2.16. The number of amides is 1. The van der Waals surface area contributed by atoms with Crippen LogP contribution in [0.4, 0.5) is 4.79 Å². The molecule has 0 saturated heterocycles. The summed E-state index contributed by atoms with van der Waals surface area (Å²) in [6.45, 7) is 1.30. The predicted octanol–water partition coefficient (Wildman–Crippen LogP) is 0.214. The Morgan fingerprint density at radius 1 is 1.67 bits per heavy atom. The Balaban J connectivity index is 4.06. The molecule has 1 atom stereocenters. The summed E-state index contributed by atoms with van der Waals surface area (Å²) in [4.78, 5) is 21.4. The fourth-order valence-electron chi connectivity index (χ4n) is 0.589. The molecule has 0 aromatic carbocycles. The molecule has 0 aliphatic carbocycles. The Labute approximate surface area is 70.3 Å². The summed E-state index contributed by atoms with van der Waals surface area (Å²) in [6.07, 6.45) is -0.741. The SMILES string of the molecule is COC(=O)NC(CC#N)C(C)=O. The van der Waals surface area contributed by atoms with Gasteiger partial charge in [0.2, 0.25) is 0 Å². The molecule has 0 rings (SSSR count). The lowest BCUT2D eigenvalue weighted by Gasteiger charge is -2.10. The monoisotopic (exact) mass is 170 g/mol. The van der Waals surface area contributed by atoms with Gasteiger partial charge in [-0.1, -0.05) is 0 Å². The normalized spacial score (nSPS) is 11.1. The molecule has 1 unspecified atom stereocenters. The minimum atomic E-state index is -0.762. The minimum Gasteiger partial charge on any atom is -0.453 e. The van der Waals surface area contributed by atoms with Crippen LogP contribution in [0.3, 0.4) is 0 Å². The third-order valence-corrected chi connectivity index (χ3v) is 1.26. The number of nitriles is 1. The van der Waals surface area contributed by atoms with E-state index in [0.29, 0.717) is 0 Å². The summed E-state index contributed by atoms with van der Waals surface area (Å²) in [7, 11) is 1.19. The van der Waals surface area contributed by atoms with Crippen LogP contribution < -0.4 is 5.32 Å². The van der Waals surface area contributed by atoms with Crippen LogP contribution >= 0.6 is 0 Å². The van der Waals surface area contributed by atoms with E-state index in [2.05, 4.69) is 10.1 Å². The van der Waals surface area contributed by atoms with Crippen molar-refractivity contribution in [2.75, 3.05) is 7.11 Å². The summed E-state index contributed by atoms with van der Waals surface area (Å²) >= 11 is 0. The van der Waals surface area contributed by atoms with Crippen molar-refractivity contribution in [2.45, 2.75) is 19.4 Å². The van der Waals surface area contributed by atoms with E-state index in [4.69, 9.17) is 5.26 Å². The standard InChI is InChI=1S/C7H10N2O3/c1-5(10)6(3-4-8)9-7(11)12-2/h6H,3H2,1-2H3,(H,9,11). The van der Waals surface area contributed by atoms with Crippen molar-refractivity contribution in [3.8, 4) is 6.07 Å². The average Bonchev–Trinajstić information content (AvgIpc) is 2.03. The molecule has 0 spiro atoms. The van der Waals surface area contributed by atoms with Crippen LogP contribution in [0, 0.1) is 11.3 Å². The van der Waals surface area contributed by atoms with E-state index < -0.39 is 12.1 Å². The number of nitrogens with zero attached hydrogens (tertiary/aromatic N) is 1. The van der Waals surface area contributed by atoms with Crippen molar-refractivity contribution in [3.63, 3.8) is 0 Å². The second-order valence-electron chi connectivity index (χ2n) is 2.16. The Morgan fingerprint density at radius 3 is 2.58 bits per heavy atom. The number of hydrogen-bond donors (Lipinski definition) is 1. The number of Topliss-reactive ketones (excluding diaryl/α,β-unsaturated/α-hetero) is 1. The third kappa shape index (κ3) is 3.56. The van der Waals surface area contributed by atoms with Gasteiger partial charge in [-0.3, -0.25) is 4.79 Å². The van der Waals surface area contributed by atoms with Crippen LogP contribution in [-0.4, -0.2) is 25.0 Å². The van der Waals surface area contributed by atoms with Gasteiger partial charge >= 0.3 is 6.09 Å². The van der Waals surface area contributed by atoms with Gasteiger partial charge in [0.25, 0.3) is 0 Å². The zero-order valence-corrected chi connectivity index (χ0v) is 6.96. The summed E-state index contributed by atoms with van der Waals surface area (Å²) in [5, 5.41) is 10.5. The molecule has 1 N–H and O–H groups in total. The molecule has 0 aromatic heterocycles. The fourth-order valence-corrected chi connectivity index (χ4v) is 0.589. The molecular weight excluding hydrogens is 160 g/mol. The van der Waals surface area contributed by atoms with Gasteiger partial charge in [0, 0.05) is 0 Å². The van der Waals surface area contributed by atoms with Crippen LogP contribution in [0.5, 0.6) is 0 Å². The van der Waals surface area contributed by atoms with Crippen LogP contribution in [0.2, 0.25) is 0 Å². The van der Waals surface area contributed by atoms with Gasteiger partial charge in [-0.05, 0) is 6.92 Å². The average molecular weight is 170 g/mol. The molecule has 0 aromatic rings. The topological polar surface area (TPSA) is 79.2 Å². The molecule has 0 heterocycles. The first-order valence-corrected chi connectivity index (χ1v) is 3.33. The molecule has 0 radical (unpaired) electrons. The van der Waals surface area contributed by atoms with Crippen molar-refractivity contribution in [1.82, 2.24) is 5.32 Å². The Kier molecular flexibility index (Phi) is 4.46. The van der Waals surface area contributed by atoms with Gasteiger partial charge in [-0.15, -0.1) is 0 Å². The second-order valence-corrected chi connectivity index (χ2v) is 2.16. The number of ketones is 1. The number of alkyl carbamates (subject to hydrolysis) is 1. The number of carbonyl (C=O) groups excluding carboxylic acids is 2. The molecule has 0 aliphatic rings. The summed E-state index contributed by atoms with van der Waals surface area (Å²) in [5.74, 6) is -0.262. The highest BCUT2D eigenvalue weighted by Crippen LogP contribution is 1.92. The number of nitrogens with one attached hydrogen (secondary N) is 1. The van der Waals surface area contributed by atoms with Gasteiger partial charge in [0.1, 0.15) is 6.04 Å².